The van der Waals surface area contributed by atoms with Crippen LogP contribution in [0, 0.1) is 13.8 Å². The minimum Gasteiger partial charge on any atom is -0.308 e. The third kappa shape index (κ3) is 3.13. The monoisotopic (exact) mass is 305 g/mol. The molecule has 0 spiro atoms. The zero-order valence-corrected chi connectivity index (χ0v) is 12.9. The quantitative estimate of drug-likeness (QED) is 0.854. The molecule has 0 unspecified atom stereocenters. The van der Waals surface area contributed by atoms with Crippen molar-refractivity contribution in [3.8, 4) is 0 Å². The molecule has 1 heterocycles. The van der Waals surface area contributed by atoms with Gasteiger partial charge in [0.25, 0.3) is 11.8 Å². The van der Waals surface area contributed by atoms with Gasteiger partial charge in [0.15, 0.2) is 0 Å². The number of halogens is 1. The lowest BCUT2D eigenvalue weighted by atomic mass is 10.1. The summed E-state index contributed by atoms with van der Waals surface area (Å²) in [6, 6.07) is 3.70. The predicted molar refractivity (Wildman–Crippen MR) is 83.4 cm³/mol. The molecule has 21 heavy (non-hydrogen) atoms. The number of hydrogen-bond acceptors (Lipinski definition) is 3. The largest absolute Gasteiger partial charge is 0.308 e. The SMILES string of the molecule is C=C(C)C(=O)NC1=NN(c2c(C)cc(C)cc2Cl)C(=O)C1. The lowest BCUT2D eigenvalue weighted by Crippen LogP contribution is -2.29. The van der Waals surface area contributed by atoms with Crippen molar-refractivity contribution >= 4 is 34.9 Å². The van der Waals surface area contributed by atoms with Crippen molar-refractivity contribution in [1.82, 2.24) is 5.32 Å². The topological polar surface area (TPSA) is 61.8 Å². The van der Waals surface area contributed by atoms with Gasteiger partial charge in [0.05, 0.1) is 17.1 Å². The molecule has 0 saturated carbocycles. The minimum atomic E-state index is -0.352. The van der Waals surface area contributed by atoms with E-state index < -0.39 is 0 Å². The number of anilines is 1. The number of hydrazone groups is 1. The first-order chi connectivity index (χ1) is 9.79. The Hall–Kier alpha value is -2.14. The zero-order chi connectivity index (χ0) is 15.7. The Morgan fingerprint density at radius 2 is 2.10 bits per heavy atom. The van der Waals surface area contributed by atoms with Crippen LogP contribution in [0.4, 0.5) is 5.69 Å². The fourth-order valence-corrected chi connectivity index (χ4v) is 2.49. The Bertz CT molecular complexity index is 656. The van der Waals surface area contributed by atoms with E-state index >= 15 is 0 Å². The van der Waals surface area contributed by atoms with E-state index in [9.17, 15) is 9.59 Å². The fraction of sp³-hybridized carbons (Fsp3) is 0.267. The second-order valence-corrected chi connectivity index (χ2v) is 5.48. The van der Waals surface area contributed by atoms with E-state index in [1.165, 1.54) is 5.01 Å². The summed E-state index contributed by atoms with van der Waals surface area (Å²) >= 11 is 6.22. The van der Waals surface area contributed by atoms with Gasteiger partial charge in [-0.05, 0) is 38.0 Å². The van der Waals surface area contributed by atoms with Gasteiger partial charge in [-0.15, -0.1) is 0 Å². The smallest absolute Gasteiger partial charge is 0.255 e. The number of amidine groups is 1. The molecule has 0 bridgehead atoms. The molecule has 0 aliphatic carbocycles. The first kappa shape index (κ1) is 15.3. The fourth-order valence-electron chi connectivity index (χ4n) is 2.09. The van der Waals surface area contributed by atoms with Crippen LogP contribution in [0.25, 0.3) is 0 Å². The third-order valence-corrected chi connectivity index (χ3v) is 3.32. The summed E-state index contributed by atoms with van der Waals surface area (Å²) in [7, 11) is 0. The number of rotatable bonds is 2. The van der Waals surface area contributed by atoms with Crippen molar-refractivity contribution < 1.29 is 9.59 Å². The van der Waals surface area contributed by atoms with Gasteiger partial charge in [-0.2, -0.15) is 10.1 Å². The molecule has 1 aliphatic heterocycles. The van der Waals surface area contributed by atoms with Crippen LogP contribution in [0.1, 0.15) is 24.5 Å². The number of nitrogens with zero attached hydrogens (tertiary/aromatic N) is 2. The van der Waals surface area contributed by atoms with Crippen LogP contribution in [0.15, 0.2) is 29.4 Å². The Morgan fingerprint density at radius 1 is 1.43 bits per heavy atom. The summed E-state index contributed by atoms with van der Waals surface area (Å²) in [6.07, 6.45) is 0.0304. The van der Waals surface area contributed by atoms with Crippen molar-refractivity contribution in [3.63, 3.8) is 0 Å². The average Bonchev–Trinajstić information content (AvgIpc) is 2.68. The van der Waals surface area contributed by atoms with Gasteiger partial charge in [0.1, 0.15) is 5.84 Å². The number of aryl methyl sites for hydroxylation is 2. The van der Waals surface area contributed by atoms with Gasteiger partial charge in [0.2, 0.25) is 0 Å². The number of benzene rings is 1. The average molecular weight is 306 g/mol. The van der Waals surface area contributed by atoms with Crippen LogP contribution in [-0.2, 0) is 9.59 Å². The van der Waals surface area contributed by atoms with Crippen molar-refractivity contribution in [1.29, 1.82) is 0 Å². The van der Waals surface area contributed by atoms with Gasteiger partial charge in [-0.1, -0.05) is 24.2 Å². The summed E-state index contributed by atoms with van der Waals surface area (Å²) in [5.41, 5.74) is 2.76. The standard InChI is InChI=1S/C15H16ClN3O2/c1-8(2)15(21)17-12-7-13(20)19(18-12)14-10(4)5-9(3)6-11(14)16/h5-6H,1,7H2,2-4H3,(H,17,18,21). The number of nitrogens with one attached hydrogen (secondary N) is 1. The molecule has 1 N–H and O–H groups in total. The van der Waals surface area contributed by atoms with Crippen LogP contribution < -0.4 is 10.3 Å². The van der Waals surface area contributed by atoms with Crippen LogP contribution in [0.2, 0.25) is 5.02 Å². The lowest BCUT2D eigenvalue weighted by molar-refractivity contribution is -0.116. The van der Waals surface area contributed by atoms with E-state index in [0.29, 0.717) is 22.1 Å². The molecule has 0 saturated heterocycles. The molecular formula is C15H16ClN3O2. The van der Waals surface area contributed by atoms with Gasteiger partial charge in [-0.25, -0.2) is 0 Å². The number of carbonyl (C=O) groups is 2. The van der Waals surface area contributed by atoms with E-state index in [1.807, 2.05) is 19.9 Å². The zero-order valence-electron chi connectivity index (χ0n) is 12.2. The van der Waals surface area contributed by atoms with Crippen LogP contribution >= 0.6 is 11.6 Å². The molecule has 1 aromatic rings. The summed E-state index contributed by atoms with van der Waals surface area (Å²) in [5.74, 6) is -0.292. The predicted octanol–water partition coefficient (Wildman–Crippen LogP) is 2.70. The maximum Gasteiger partial charge on any atom is 0.255 e. The molecule has 0 radical (unpaired) electrons. The Labute approximate surface area is 128 Å². The molecule has 110 valence electrons. The molecule has 0 atom stereocenters. The van der Waals surface area contributed by atoms with Gasteiger partial charge >= 0.3 is 0 Å². The minimum absolute atomic E-state index is 0.0304. The first-order valence-corrected chi connectivity index (χ1v) is 6.81. The Balaban J connectivity index is 2.33. The normalized spacial score (nSPS) is 14.2. The molecule has 1 aliphatic rings. The Kier molecular flexibility index (Phi) is 4.14. The van der Waals surface area contributed by atoms with Gasteiger partial charge in [0, 0.05) is 5.57 Å². The number of carbonyl (C=O) groups excluding carboxylic acids is 2. The molecule has 2 rings (SSSR count). The highest BCUT2D eigenvalue weighted by atomic mass is 35.5. The highest BCUT2D eigenvalue weighted by molar-refractivity contribution is 6.34. The van der Waals surface area contributed by atoms with Crippen molar-refractivity contribution in [2.24, 2.45) is 5.10 Å². The maximum absolute atomic E-state index is 12.1. The first-order valence-electron chi connectivity index (χ1n) is 6.43. The highest BCUT2D eigenvalue weighted by Gasteiger charge is 2.29. The molecule has 1 aromatic carbocycles. The van der Waals surface area contributed by atoms with Gasteiger partial charge < -0.3 is 5.32 Å². The van der Waals surface area contributed by atoms with E-state index in [0.717, 1.165) is 11.1 Å². The molecular weight excluding hydrogens is 290 g/mol. The van der Waals surface area contributed by atoms with Crippen LogP contribution in [-0.4, -0.2) is 17.6 Å². The summed E-state index contributed by atoms with van der Waals surface area (Å²) < 4.78 is 0. The van der Waals surface area contributed by atoms with E-state index in [4.69, 9.17) is 11.6 Å². The van der Waals surface area contributed by atoms with E-state index in [2.05, 4.69) is 17.0 Å². The van der Waals surface area contributed by atoms with Crippen LogP contribution in [0.3, 0.4) is 0 Å². The van der Waals surface area contributed by atoms with E-state index in [1.54, 1.807) is 13.0 Å². The lowest BCUT2D eigenvalue weighted by Gasteiger charge is -2.16. The second kappa shape index (κ2) is 5.69. The van der Waals surface area contributed by atoms with Crippen molar-refractivity contribution in [2.45, 2.75) is 27.2 Å². The molecule has 0 fully saturated rings. The van der Waals surface area contributed by atoms with Crippen molar-refractivity contribution in [2.75, 3.05) is 5.01 Å². The van der Waals surface area contributed by atoms with Crippen molar-refractivity contribution in [3.05, 3.63) is 40.4 Å². The van der Waals surface area contributed by atoms with Gasteiger partial charge in [-0.3, -0.25) is 9.59 Å². The second-order valence-electron chi connectivity index (χ2n) is 5.08. The number of hydrogen-bond donors (Lipinski definition) is 1. The third-order valence-electron chi connectivity index (χ3n) is 3.03. The number of amides is 2. The highest BCUT2D eigenvalue weighted by Crippen LogP contribution is 2.33. The molecule has 0 aromatic heterocycles. The van der Waals surface area contributed by atoms with E-state index in [-0.39, 0.29) is 18.2 Å². The maximum atomic E-state index is 12.1. The summed E-state index contributed by atoms with van der Waals surface area (Å²) in [6.45, 7) is 8.92. The van der Waals surface area contributed by atoms with Crippen LogP contribution in [0.5, 0.6) is 0 Å². The molecule has 2 amide bonds. The summed E-state index contributed by atoms with van der Waals surface area (Å²) in [4.78, 5) is 23.7. The molecule has 5 nitrogen and oxygen atoms in total. The molecule has 6 heteroatoms. The Morgan fingerprint density at radius 3 is 2.67 bits per heavy atom. The summed E-state index contributed by atoms with van der Waals surface area (Å²) in [5, 5.41) is 8.42.